The lowest BCUT2D eigenvalue weighted by Crippen LogP contribution is -2.23. The summed E-state index contributed by atoms with van der Waals surface area (Å²) in [6.45, 7) is 5.61. The lowest BCUT2D eigenvalue weighted by Gasteiger charge is -2.19. The van der Waals surface area contributed by atoms with Crippen LogP contribution in [0.5, 0.6) is 0 Å². The summed E-state index contributed by atoms with van der Waals surface area (Å²) in [6, 6.07) is 3.92. The average molecular weight is 308 g/mol. The van der Waals surface area contributed by atoms with Gasteiger partial charge in [0.1, 0.15) is 5.60 Å². The van der Waals surface area contributed by atoms with E-state index in [1.807, 2.05) is 38.3 Å². The highest BCUT2D eigenvalue weighted by Crippen LogP contribution is 2.21. The first-order valence-electron chi connectivity index (χ1n) is 7.02. The number of nitrogens with zero attached hydrogens (tertiary/aromatic N) is 2. The highest BCUT2D eigenvalue weighted by atomic mass is 32.1. The molecule has 2 heterocycles. The topological polar surface area (TPSA) is 65.2 Å². The number of rotatable bonds is 6. The van der Waals surface area contributed by atoms with Gasteiger partial charge in [-0.1, -0.05) is 11.2 Å². The third-order valence-electron chi connectivity index (χ3n) is 2.65. The standard InChI is InChI=1S/C15H20N2O3S/c1-15(2,3)19-13(18)9-5-4-8-12-16-14(17-20-12)11-7-6-10-21-11/h6-7,10H,4-5,8-9H2,1-3H3. The van der Waals surface area contributed by atoms with E-state index in [2.05, 4.69) is 10.1 Å². The van der Waals surface area contributed by atoms with Crippen LogP contribution in [0.1, 0.15) is 45.9 Å². The van der Waals surface area contributed by atoms with Crippen molar-refractivity contribution >= 4 is 17.3 Å². The minimum absolute atomic E-state index is 0.160. The Morgan fingerprint density at radius 2 is 2.19 bits per heavy atom. The Balaban J connectivity index is 1.71. The van der Waals surface area contributed by atoms with E-state index in [1.54, 1.807) is 11.3 Å². The Labute approximate surface area is 128 Å². The van der Waals surface area contributed by atoms with Crippen molar-refractivity contribution in [3.05, 3.63) is 23.4 Å². The zero-order valence-electron chi connectivity index (χ0n) is 12.6. The fraction of sp³-hybridized carbons (Fsp3) is 0.533. The molecule has 0 aromatic carbocycles. The molecule has 0 atom stereocenters. The van der Waals surface area contributed by atoms with Crippen LogP contribution in [0, 0.1) is 0 Å². The van der Waals surface area contributed by atoms with Gasteiger partial charge in [-0.3, -0.25) is 4.79 Å². The quantitative estimate of drug-likeness (QED) is 0.599. The van der Waals surface area contributed by atoms with Crippen LogP contribution < -0.4 is 0 Å². The van der Waals surface area contributed by atoms with E-state index in [-0.39, 0.29) is 5.97 Å². The molecule has 0 spiro atoms. The smallest absolute Gasteiger partial charge is 0.306 e. The Morgan fingerprint density at radius 3 is 2.86 bits per heavy atom. The van der Waals surface area contributed by atoms with Crippen LogP contribution in [0.3, 0.4) is 0 Å². The summed E-state index contributed by atoms with van der Waals surface area (Å²) in [4.78, 5) is 16.9. The highest BCUT2D eigenvalue weighted by molar-refractivity contribution is 7.13. The molecule has 2 rings (SSSR count). The van der Waals surface area contributed by atoms with Crippen LogP contribution in [0.15, 0.2) is 22.0 Å². The highest BCUT2D eigenvalue weighted by Gasteiger charge is 2.16. The molecule has 2 aromatic rings. The van der Waals surface area contributed by atoms with Gasteiger partial charge in [-0.05, 0) is 45.1 Å². The maximum absolute atomic E-state index is 11.6. The molecule has 0 saturated carbocycles. The van der Waals surface area contributed by atoms with E-state index in [1.165, 1.54) is 0 Å². The van der Waals surface area contributed by atoms with Crippen molar-refractivity contribution in [3.63, 3.8) is 0 Å². The van der Waals surface area contributed by atoms with E-state index in [0.29, 0.717) is 24.6 Å². The molecule has 0 aliphatic carbocycles. The third kappa shape index (κ3) is 5.30. The zero-order valence-corrected chi connectivity index (χ0v) is 13.4. The first kappa shape index (κ1) is 15.7. The van der Waals surface area contributed by atoms with Crippen molar-refractivity contribution in [2.75, 3.05) is 0 Å². The van der Waals surface area contributed by atoms with E-state index in [9.17, 15) is 4.79 Å². The number of esters is 1. The SMILES string of the molecule is CC(C)(C)OC(=O)CCCCc1nc(-c2cccs2)no1. The van der Waals surface area contributed by atoms with Gasteiger partial charge in [0, 0.05) is 12.8 Å². The molecule has 114 valence electrons. The van der Waals surface area contributed by atoms with E-state index < -0.39 is 5.60 Å². The predicted molar refractivity (Wildman–Crippen MR) is 81.0 cm³/mol. The summed E-state index contributed by atoms with van der Waals surface area (Å²) >= 11 is 1.58. The minimum Gasteiger partial charge on any atom is -0.460 e. The van der Waals surface area contributed by atoms with Gasteiger partial charge in [-0.15, -0.1) is 11.3 Å². The summed E-state index contributed by atoms with van der Waals surface area (Å²) in [5.74, 6) is 1.09. The Bertz CT molecular complexity index is 570. The average Bonchev–Trinajstić information content (AvgIpc) is 3.03. The Kier molecular flexibility index (Phi) is 5.12. The number of unbranched alkanes of at least 4 members (excludes halogenated alkanes) is 1. The van der Waals surface area contributed by atoms with E-state index >= 15 is 0 Å². The molecule has 0 radical (unpaired) electrons. The van der Waals surface area contributed by atoms with Crippen molar-refractivity contribution in [1.82, 2.24) is 10.1 Å². The molecule has 0 aliphatic heterocycles. The third-order valence-corrected chi connectivity index (χ3v) is 3.52. The van der Waals surface area contributed by atoms with Gasteiger partial charge < -0.3 is 9.26 Å². The first-order chi connectivity index (χ1) is 9.94. The second-order valence-electron chi connectivity index (χ2n) is 5.78. The number of hydrogen-bond donors (Lipinski definition) is 0. The van der Waals surface area contributed by atoms with Crippen LogP contribution >= 0.6 is 11.3 Å². The number of aryl methyl sites for hydroxylation is 1. The van der Waals surface area contributed by atoms with Gasteiger partial charge in [0.05, 0.1) is 4.88 Å². The van der Waals surface area contributed by atoms with Gasteiger partial charge in [0.2, 0.25) is 11.7 Å². The molecule has 0 N–H and O–H groups in total. The summed E-state index contributed by atoms with van der Waals surface area (Å²) < 4.78 is 10.5. The minimum atomic E-state index is -0.417. The van der Waals surface area contributed by atoms with Crippen LogP contribution in [0.4, 0.5) is 0 Å². The number of hydrogen-bond acceptors (Lipinski definition) is 6. The van der Waals surface area contributed by atoms with Crippen molar-refractivity contribution in [2.24, 2.45) is 0 Å². The molecule has 0 saturated heterocycles. The van der Waals surface area contributed by atoms with Crippen molar-refractivity contribution < 1.29 is 14.1 Å². The maximum Gasteiger partial charge on any atom is 0.306 e. The number of ether oxygens (including phenoxy) is 1. The molecule has 6 heteroatoms. The molecule has 0 aliphatic rings. The fourth-order valence-corrected chi connectivity index (χ4v) is 2.45. The van der Waals surface area contributed by atoms with Crippen molar-refractivity contribution in [1.29, 1.82) is 0 Å². The lowest BCUT2D eigenvalue weighted by atomic mass is 10.1. The second-order valence-corrected chi connectivity index (χ2v) is 6.73. The lowest BCUT2D eigenvalue weighted by molar-refractivity contribution is -0.154. The van der Waals surface area contributed by atoms with Gasteiger partial charge in [-0.2, -0.15) is 4.98 Å². The van der Waals surface area contributed by atoms with Crippen LogP contribution in [-0.2, 0) is 16.0 Å². The summed E-state index contributed by atoms with van der Waals surface area (Å²) in [6.07, 6.45) is 2.68. The Morgan fingerprint density at radius 1 is 1.38 bits per heavy atom. The fourth-order valence-electron chi connectivity index (χ4n) is 1.80. The van der Waals surface area contributed by atoms with Gasteiger partial charge >= 0.3 is 5.97 Å². The Hall–Kier alpha value is -1.69. The maximum atomic E-state index is 11.6. The molecule has 0 unspecified atom stereocenters. The monoisotopic (exact) mass is 308 g/mol. The molecule has 2 aromatic heterocycles. The summed E-state index contributed by atoms with van der Waals surface area (Å²) in [5, 5.41) is 5.93. The summed E-state index contributed by atoms with van der Waals surface area (Å²) in [5.41, 5.74) is -0.417. The van der Waals surface area contributed by atoms with Crippen LogP contribution in [-0.4, -0.2) is 21.7 Å². The molecular formula is C15H20N2O3S. The van der Waals surface area contributed by atoms with Crippen molar-refractivity contribution in [2.45, 2.75) is 52.1 Å². The van der Waals surface area contributed by atoms with Crippen molar-refractivity contribution in [3.8, 4) is 10.7 Å². The normalized spacial score (nSPS) is 11.6. The molecule has 0 bridgehead atoms. The molecular weight excluding hydrogens is 288 g/mol. The molecule has 5 nitrogen and oxygen atoms in total. The molecule has 0 fully saturated rings. The molecule has 0 amide bonds. The first-order valence-corrected chi connectivity index (χ1v) is 7.90. The molecule has 21 heavy (non-hydrogen) atoms. The second kappa shape index (κ2) is 6.85. The van der Waals surface area contributed by atoms with Crippen LogP contribution in [0.2, 0.25) is 0 Å². The number of aromatic nitrogens is 2. The van der Waals surface area contributed by atoms with Gasteiger partial charge in [0.25, 0.3) is 0 Å². The summed E-state index contributed by atoms with van der Waals surface area (Å²) in [7, 11) is 0. The van der Waals surface area contributed by atoms with Gasteiger partial charge in [0.15, 0.2) is 0 Å². The number of thiophene rings is 1. The van der Waals surface area contributed by atoms with E-state index in [0.717, 1.165) is 17.7 Å². The predicted octanol–water partition coefficient (Wildman–Crippen LogP) is 3.85. The largest absolute Gasteiger partial charge is 0.460 e. The number of carbonyl (C=O) groups excluding carboxylic acids is 1. The van der Waals surface area contributed by atoms with Gasteiger partial charge in [-0.25, -0.2) is 0 Å². The zero-order chi connectivity index (χ0) is 15.3. The van der Waals surface area contributed by atoms with E-state index in [4.69, 9.17) is 9.26 Å². The van der Waals surface area contributed by atoms with Crippen LogP contribution in [0.25, 0.3) is 10.7 Å². The number of carbonyl (C=O) groups is 1.